The molecule has 0 bridgehead atoms. The number of sulfonamides is 1. The Hall–Kier alpha value is -4.24. The molecule has 15 heteroatoms. The average Bonchev–Trinajstić information content (AvgIpc) is 3.40. The zero-order valence-electron chi connectivity index (χ0n) is 21.1. The van der Waals surface area contributed by atoms with E-state index in [1.165, 1.54) is 24.4 Å². The normalized spacial score (nSPS) is 15.4. The Kier molecular flexibility index (Phi) is 7.57. The van der Waals surface area contributed by atoms with Gasteiger partial charge < -0.3 is 19.2 Å². The molecule has 216 valence electrons. The van der Waals surface area contributed by atoms with Gasteiger partial charge in [-0.25, -0.2) is 27.5 Å². The van der Waals surface area contributed by atoms with Crippen molar-refractivity contribution < 1.29 is 45.0 Å². The molecule has 1 saturated heterocycles. The van der Waals surface area contributed by atoms with Crippen LogP contribution in [0.25, 0.3) is 11.0 Å². The first-order valence-corrected chi connectivity index (χ1v) is 13.7. The van der Waals surface area contributed by atoms with Gasteiger partial charge in [0.05, 0.1) is 18.0 Å². The Balaban J connectivity index is 1.36. The van der Waals surface area contributed by atoms with Crippen LogP contribution in [0.15, 0.2) is 66.0 Å². The molecule has 1 fully saturated rings. The minimum Gasteiger partial charge on any atom is -0.474 e. The molecule has 0 aliphatic carbocycles. The number of hydrogen-bond acceptors (Lipinski definition) is 8. The van der Waals surface area contributed by atoms with Crippen LogP contribution in [-0.2, 0) is 20.9 Å². The molecule has 0 radical (unpaired) electrons. The molecule has 0 atom stereocenters. The zero-order chi connectivity index (χ0) is 29.3. The summed E-state index contributed by atoms with van der Waals surface area (Å²) >= 11 is 0. The Morgan fingerprint density at radius 2 is 1.85 bits per heavy atom. The first-order valence-electron chi connectivity index (χ1n) is 12.2. The number of aromatic amines is 1. The van der Waals surface area contributed by atoms with Gasteiger partial charge >= 0.3 is 6.18 Å². The van der Waals surface area contributed by atoms with E-state index in [-0.39, 0.29) is 49.2 Å². The number of alkyl halides is 4. The van der Waals surface area contributed by atoms with E-state index in [9.17, 15) is 30.8 Å². The van der Waals surface area contributed by atoms with Crippen molar-refractivity contribution in [2.24, 2.45) is 0 Å². The fraction of sp³-hybridized carbons (Fsp3) is 0.269. The quantitative estimate of drug-likeness (QED) is 0.279. The number of amides is 1. The van der Waals surface area contributed by atoms with Crippen LogP contribution in [0.4, 0.5) is 17.6 Å². The molecule has 0 spiro atoms. The molecule has 5 rings (SSSR count). The van der Waals surface area contributed by atoms with E-state index in [1.807, 2.05) is 0 Å². The van der Waals surface area contributed by atoms with Crippen LogP contribution in [0.2, 0.25) is 0 Å². The summed E-state index contributed by atoms with van der Waals surface area (Å²) in [4.78, 5) is 22.6. The summed E-state index contributed by atoms with van der Waals surface area (Å²) in [6, 6.07) is 9.35. The number of pyridine rings is 2. The Labute approximate surface area is 230 Å². The number of para-hydroxylation sites is 1. The summed E-state index contributed by atoms with van der Waals surface area (Å²) in [7, 11) is -4.85. The highest BCUT2D eigenvalue weighted by Gasteiger charge is 2.39. The molecule has 10 nitrogen and oxygen atoms in total. The molecule has 0 saturated carbocycles. The molecular weight excluding hydrogens is 572 g/mol. The number of nitrogens with one attached hydrogen (secondary N) is 2. The third kappa shape index (κ3) is 6.41. The molecular formula is C26H22F4N4O6S. The van der Waals surface area contributed by atoms with Gasteiger partial charge in [-0.05, 0) is 30.3 Å². The lowest BCUT2D eigenvalue weighted by atomic mass is 9.98. The standard InChI is InChI=1S/C26H22F4N4O6S/c27-25(6-9-38-10-7-25)15-39-24-20(26(28,29)30)12-18(14-33-24)41(36,37)34-23(35)19-3-1-2-4-21(19)40-17-11-16-5-8-31-22(16)32-13-17/h1-5,8,11-14H,6-7,9-10,15H2,(H,31,32)(H,34,35). The van der Waals surface area contributed by atoms with Gasteiger partial charge in [-0.2, -0.15) is 13.2 Å². The molecule has 1 aliphatic heterocycles. The number of carbonyl (C=O) groups is 1. The van der Waals surface area contributed by atoms with Crippen molar-refractivity contribution in [2.45, 2.75) is 29.6 Å². The highest BCUT2D eigenvalue weighted by molar-refractivity contribution is 7.90. The molecule has 1 aliphatic rings. The fourth-order valence-electron chi connectivity index (χ4n) is 4.06. The van der Waals surface area contributed by atoms with E-state index < -0.39 is 50.7 Å². The van der Waals surface area contributed by atoms with Crippen LogP contribution in [0.5, 0.6) is 17.4 Å². The number of H-pyrrole nitrogens is 1. The minimum absolute atomic E-state index is 0.0250. The van der Waals surface area contributed by atoms with Gasteiger partial charge in [0.2, 0.25) is 5.88 Å². The average molecular weight is 595 g/mol. The van der Waals surface area contributed by atoms with Crippen molar-refractivity contribution in [1.82, 2.24) is 19.7 Å². The number of aromatic nitrogens is 3. The van der Waals surface area contributed by atoms with E-state index in [1.54, 1.807) is 29.1 Å². The van der Waals surface area contributed by atoms with Crippen LogP contribution in [0, 0.1) is 0 Å². The predicted octanol–water partition coefficient (Wildman–Crippen LogP) is 4.79. The topological polar surface area (TPSA) is 132 Å². The van der Waals surface area contributed by atoms with E-state index in [2.05, 4.69) is 15.0 Å². The van der Waals surface area contributed by atoms with E-state index >= 15 is 0 Å². The molecule has 0 unspecified atom stereocenters. The molecule has 3 aromatic heterocycles. The molecule has 1 amide bonds. The maximum absolute atomic E-state index is 14.8. The highest BCUT2D eigenvalue weighted by atomic mass is 32.2. The number of rotatable bonds is 8. The number of halogens is 4. The molecule has 41 heavy (non-hydrogen) atoms. The molecule has 4 heterocycles. The van der Waals surface area contributed by atoms with Gasteiger partial charge in [-0.3, -0.25) is 4.79 Å². The van der Waals surface area contributed by atoms with Crippen molar-refractivity contribution in [3.63, 3.8) is 0 Å². The molecule has 4 aromatic rings. The summed E-state index contributed by atoms with van der Waals surface area (Å²) in [5, 5.41) is 0.724. The maximum atomic E-state index is 14.8. The van der Waals surface area contributed by atoms with Crippen molar-refractivity contribution in [3.8, 4) is 17.4 Å². The van der Waals surface area contributed by atoms with Crippen LogP contribution in [0.3, 0.4) is 0 Å². The SMILES string of the molecule is O=C(NS(=O)(=O)c1cnc(OCC2(F)CCOCC2)c(C(F)(F)F)c1)c1ccccc1Oc1cnc2[nH]ccc2c1. The fourth-order valence-corrected chi connectivity index (χ4v) is 5.00. The van der Waals surface area contributed by atoms with E-state index in [0.29, 0.717) is 11.8 Å². The number of ether oxygens (including phenoxy) is 3. The number of benzene rings is 1. The lowest BCUT2D eigenvalue weighted by Crippen LogP contribution is -2.38. The number of hydrogen-bond donors (Lipinski definition) is 2. The van der Waals surface area contributed by atoms with Crippen LogP contribution in [0.1, 0.15) is 28.8 Å². The third-order valence-corrected chi connectivity index (χ3v) is 7.56. The number of nitrogens with zero attached hydrogens (tertiary/aromatic N) is 2. The van der Waals surface area contributed by atoms with Crippen LogP contribution >= 0.6 is 0 Å². The second-order valence-electron chi connectivity index (χ2n) is 9.19. The van der Waals surface area contributed by atoms with Gasteiger partial charge in [0.25, 0.3) is 15.9 Å². The maximum Gasteiger partial charge on any atom is 0.421 e. The van der Waals surface area contributed by atoms with Crippen LogP contribution in [-0.4, -0.2) is 54.8 Å². The Bertz CT molecular complexity index is 1690. The predicted molar refractivity (Wildman–Crippen MR) is 136 cm³/mol. The van der Waals surface area contributed by atoms with Crippen molar-refractivity contribution >= 4 is 27.0 Å². The number of carbonyl (C=O) groups excluding carboxylic acids is 1. The summed E-state index contributed by atoms with van der Waals surface area (Å²) in [5.41, 5.74) is -3.07. The van der Waals surface area contributed by atoms with E-state index in [0.717, 1.165) is 5.39 Å². The first-order chi connectivity index (χ1) is 19.4. The zero-order valence-corrected chi connectivity index (χ0v) is 21.9. The van der Waals surface area contributed by atoms with Crippen molar-refractivity contribution in [2.75, 3.05) is 19.8 Å². The van der Waals surface area contributed by atoms with E-state index in [4.69, 9.17) is 14.2 Å². The minimum atomic E-state index is -5.09. The molecule has 1 aromatic carbocycles. The van der Waals surface area contributed by atoms with Gasteiger partial charge in [0.1, 0.15) is 39.9 Å². The Morgan fingerprint density at radius 3 is 2.61 bits per heavy atom. The third-order valence-electron chi connectivity index (χ3n) is 6.26. The molecule has 2 N–H and O–H groups in total. The summed E-state index contributed by atoms with van der Waals surface area (Å²) < 4.78 is 99.7. The Morgan fingerprint density at radius 1 is 1.10 bits per heavy atom. The van der Waals surface area contributed by atoms with Gasteiger partial charge in [0.15, 0.2) is 0 Å². The van der Waals surface area contributed by atoms with Gasteiger partial charge in [-0.1, -0.05) is 12.1 Å². The second kappa shape index (κ2) is 11.0. The highest BCUT2D eigenvalue weighted by Crippen LogP contribution is 2.37. The lowest BCUT2D eigenvalue weighted by molar-refractivity contribution is -0.140. The number of fused-ring (bicyclic) bond motifs is 1. The first kappa shape index (κ1) is 28.3. The summed E-state index contributed by atoms with van der Waals surface area (Å²) in [5.74, 6) is -1.92. The second-order valence-corrected chi connectivity index (χ2v) is 10.9. The van der Waals surface area contributed by atoms with Crippen molar-refractivity contribution in [1.29, 1.82) is 0 Å². The van der Waals surface area contributed by atoms with Gasteiger partial charge in [-0.15, -0.1) is 0 Å². The summed E-state index contributed by atoms with van der Waals surface area (Å²) in [6.07, 6.45) is -1.58. The van der Waals surface area contributed by atoms with Crippen molar-refractivity contribution in [3.05, 3.63) is 72.2 Å². The smallest absolute Gasteiger partial charge is 0.421 e. The monoisotopic (exact) mass is 594 g/mol. The van der Waals surface area contributed by atoms with Crippen LogP contribution < -0.4 is 14.2 Å². The lowest BCUT2D eigenvalue weighted by Gasteiger charge is -2.29. The van der Waals surface area contributed by atoms with Gasteiger partial charge in [0, 0.05) is 37.6 Å². The summed E-state index contributed by atoms with van der Waals surface area (Å²) in [6.45, 7) is -0.550. The largest absolute Gasteiger partial charge is 0.474 e.